The van der Waals surface area contributed by atoms with Gasteiger partial charge in [-0.15, -0.1) is 0 Å². The van der Waals surface area contributed by atoms with Gasteiger partial charge in [0.2, 0.25) is 10.0 Å². The van der Waals surface area contributed by atoms with Crippen molar-refractivity contribution in [2.24, 2.45) is 0 Å². The molecule has 5 rings (SSSR count). The number of fused-ring (bicyclic) bond motifs is 1. The van der Waals surface area contributed by atoms with Crippen molar-refractivity contribution in [1.29, 1.82) is 0 Å². The summed E-state index contributed by atoms with van der Waals surface area (Å²) in [7, 11) is -2.89. The highest BCUT2D eigenvalue weighted by molar-refractivity contribution is 7.89. The fraction of sp³-hybridized carbons (Fsp3) is 0.500. The zero-order valence-corrected chi connectivity index (χ0v) is 23.1. The van der Waals surface area contributed by atoms with Crippen LogP contribution in [-0.2, 0) is 10.0 Å². The van der Waals surface area contributed by atoms with E-state index in [-0.39, 0.29) is 44.2 Å². The molecule has 2 aromatic carbocycles. The van der Waals surface area contributed by atoms with Gasteiger partial charge in [0.15, 0.2) is 0 Å². The first kappa shape index (κ1) is 28.3. The predicted molar refractivity (Wildman–Crippen MR) is 144 cm³/mol. The maximum absolute atomic E-state index is 13.7. The molecular formula is C28H35F3N4O3S. The van der Waals surface area contributed by atoms with Crippen molar-refractivity contribution in [3.63, 3.8) is 0 Å². The van der Waals surface area contributed by atoms with Crippen LogP contribution in [0.4, 0.5) is 13.2 Å². The van der Waals surface area contributed by atoms with Crippen LogP contribution in [0.3, 0.4) is 0 Å². The number of rotatable bonds is 5. The minimum Gasteiger partial charge on any atom is -0.395 e. The molecule has 0 amide bonds. The number of aliphatic hydroxyl groups is 1. The molecule has 212 valence electrons. The standard InChI is InChI=1S/C28H35F3N4O3S/c1-18-7-6-8-22(19(18)2)20-9-11-21(12-10-20)26-23-15-34(13-4-5-14-35(23)24(26)17-36)39(37,38)25-16-33(3)32-27(25)28(29,30)31/h4-12,23-27,32,36H,13-17H2,1-3H3/b5-4-/t23-,24?,25?,26-,27?/m0/s1. The smallest absolute Gasteiger partial charge is 0.395 e. The number of halogens is 3. The zero-order valence-electron chi connectivity index (χ0n) is 22.3. The molecule has 0 aliphatic carbocycles. The lowest BCUT2D eigenvalue weighted by molar-refractivity contribution is -0.155. The van der Waals surface area contributed by atoms with E-state index < -0.39 is 27.5 Å². The molecule has 0 aromatic heterocycles. The van der Waals surface area contributed by atoms with Crippen LogP contribution in [0.5, 0.6) is 0 Å². The molecule has 0 bridgehead atoms. The van der Waals surface area contributed by atoms with Crippen LogP contribution in [0.2, 0.25) is 0 Å². The molecular weight excluding hydrogens is 529 g/mol. The maximum atomic E-state index is 13.7. The average Bonchev–Trinajstić information content (AvgIpc) is 3.28. The van der Waals surface area contributed by atoms with Crippen molar-refractivity contribution < 1.29 is 26.7 Å². The van der Waals surface area contributed by atoms with Crippen molar-refractivity contribution in [2.45, 2.75) is 49.3 Å². The van der Waals surface area contributed by atoms with Gasteiger partial charge in [0.1, 0.15) is 11.3 Å². The number of benzene rings is 2. The largest absolute Gasteiger partial charge is 0.406 e. The summed E-state index contributed by atoms with van der Waals surface area (Å²) in [5.41, 5.74) is 7.85. The van der Waals surface area contributed by atoms with Gasteiger partial charge in [-0.2, -0.15) is 17.5 Å². The average molecular weight is 565 g/mol. The second-order valence-electron chi connectivity index (χ2n) is 10.8. The Kier molecular flexibility index (Phi) is 7.68. The number of hydrazine groups is 1. The third kappa shape index (κ3) is 5.16. The van der Waals surface area contributed by atoms with Crippen molar-refractivity contribution in [3.8, 4) is 11.1 Å². The summed E-state index contributed by atoms with van der Waals surface area (Å²) in [5, 5.41) is 9.78. The van der Waals surface area contributed by atoms with Gasteiger partial charge in [-0.1, -0.05) is 54.6 Å². The summed E-state index contributed by atoms with van der Waals surface area (Å²) in [6.07, 6.45) is -1.19. The Labute approximate surface area is 227 Å². The van der Waals surface area contributed by atoms with Crippen LogP contribution in [0.25, 0.3) is 11.1 Å². The van der Waals surface area contributed by atoms with Crippen LogP contribution in [0.1, 0.15) is 22.6 Å². The first-order valence-corrected chi connectivity index (χ1v) is 14.6. The number of nitrogens with one attached hydrogen (secondary N) is 1. The Morgan fingerprint density at radius 2 is 1.72 bits per heavy atom. The predicted octanol–water partition coefficient (Wildman–Crippen LogP) is 3.05. The topological polar surface area (TPSA) is 76.1 Å². The molecule has 39 heavy (non-hydrogen) atoms. The molecule has 3 heterocycles. The SMILES string of the molecule is Cc1cccc(-c2ccc([C@@H]3C(CO)N4C/C=C\CN(S(=O)(=O)C5CN(C)NC5C(F)(F)F)C[C@@H]34)cc2)c1C. The van der Waals surface area contributed by atoms with Gasteiger partial charge in [0.05, 0.1) is 6.61 Å². The fourth-order valence-corrected chi connectivity index (χ4v) is 8.29. The van der Waals surface area contributed by atoms with Crippen LogP contribution in [-0.4, -0.2) is 97.1 Å². The number of sulfonamides is 1. The van der Waals surface area contributed by atoms with Crippen molar-refractivity contribution in [1.82, 2.24) is 19.6 Å². The number of nitrogens with zero attached hydrogens (tertiary/aromatic N) is 3. The molecule has 5 atom stereocenters. The minimum absolute atomic E-state index is 0.0134. The van der Waals surface area contributed by atoms with E-state index in [1.807, 2.05) is 41.3 Å². The lowest BCUT2D eigenvalue weighted by Crippen LogP contribution is -2.68. The van der Waals surface area contributed by atoms with Crippen molar-refractivity contribution in [2.75, 3.05) is 39.8 Å². The minimum atomic E-state index is -4.70. The Bertz CT molecular complexity index is 1330. The van der Waals surface area contributed by atoms with Gasteiger partial charge < -0.3 is 5.11 Å². The number of hydrogen-bond donors (Lipinski definition) is 2. The molecule has 2 saturated heterocycles. The lowest BCUT2D eigenvalue weighted by Gasteiger charge is -2.56. The van der Waals surface area contributed by atoms with E-state index in [9.17, 15) is 26.7 Å². The third-order valence-corrected chi connectivity index (χ3v) is 10.7. The molecule has 3 unspecified atom stereocenters. The monoisotopic (exact) mass is 564 g/mol. The summed E-state index contributed by atoms with van der Waals surface area (Å²) in [4.78, 5) is 2.04. The first-order chi connectivity index (χ1) is 18.4. The van der Waals surface area contributed by atoms with Crippen molar-refractivity contribution in [3.05, 3.63) is 71.3 Å². The van der Waals surface area contributed by atoms with E-state index in [0.717, 1.165) is 16.7 Å². The molecule has 11 heteroatoms. The Morgan fingerprint density at radius 3 is 2.38 bits per heavy atom. The third-order valence-electron chi connectivity index (χ3n) is 8.54. The summed E-state index contributed by atoms with van der Waals surface area (Å²) in [6.45, 7) is 4.40. The summed E-state index contributed by atoms with van der Waals surface area (Å²) in [6, 6.07) is 11.6. The first-order valence-electron chi connectivity index (χ1n) is 13.1. The normalized spacial score (nSPS) is 29.9. The Hall–Kier alpha value is -2.28. The van der Waals surface area contributed by atoms with E-state index in [1.54, 1.807) is 6.08 Å². The number of alkyl halides is 3. The van der Waals surface area contributed by atoms with E-state index >= 15 is 0 Å². The van der Waals surface area contributed by atoms with Gasteiger partial charge in [0, 0.05) is 51.2 Å². The molecule has 2 N–H and O–H groups in total. The molecule has 0 saturated carbocycles. The molecule has 0 spiro atoms. The van der Waals surface area contributed by atoms with Crippen LogP contribution in [0, 0.1) is 13.8 Å². The van der Waals surface area contributed by atoms with Crippen molar-refractivity contribution >= 4 is 10.0 Å². The van der Waals surface area contributed by atoms with Gasteiger partial charge in [-0.25, -0.2) is 18.9 Å². The highest BCUT2D eigenvalue weighted by Gasteiger charge is 2.56. The van der Waals surface area contributed by atoms with E-state index in [0.29, 0.717) is 6.54 Å². The lowest BCUT2D eigenvalue weighted by atomic mass is 9.74. The fourth-order valence-electron chi connectivity index (χ4n) is 6.28. The van der Waals surface area contributed by atoms with E-state index in [2.05, 4.69) is 31.4 Å². The molecule has 2 fully saturated rings. The molecule has 3 aliphatic heterocycles. The summed E-state index contributed by atoms with van der Waals surface area (Å²) >= 11 is 0. The molecule has 3 aliphatic rings. The van der Waals surface area contributed by atoms with E-state index in [1.165, 1.54) is 27.5 Å². The highest BCUT2D eigenvalue weighted by atomic mass is 32.2. The quantitative estimate of drug-likeness (QED) is 0.544. The van der Waals surface area contributed by atoms with Gasteiger partial charge in [-0.05, 0) is 41.7 Å². The van der Waals surface area contributed by atoms with Gasteiger partial charge in [-0.3, -0.25) is 4.90 Å². The van der Waals surface area contributed by atoms with Crippen LogP contribution in [0.15, 0.2) is 54.6 Å². The molecule has 0 radical (unpaired) electrons. The molecule has 7 nitrogen and oxygen atoms in total. The van der Waals surface area contributed by atoms with E-state index in [4.69, 9.17) is 0 Å². The van der Waals surface area contributed by atoms with Gasteiger partial charge in [0.25, 0.3) is 0 Å². The van der Waals surface area contributed by atoms with Crippen LogP contribution >= 0.6 is 0 Å². The second-order valence-corrected chi connectivity index (χ2v) is 13.0. The summed E-state index contributed by atoms with van der Waals surface area (Å²) < 4.78 is 69.7. The zero-order chi connectivity index (χ0) is 28.1. The second kappa shape index (κ2) is 10.6. The van der Waals surface area contributed by atoms with Crippen LogP contribution < -0.4 is 5.43 Å². The number of aryl methyl sites for hydroxylation is 1. The number of hydrogen-bond acceptors (Lipinski definition) is 6. The maximum Gasteiger partial charge on any atom is 0.406 e. The summed E-state index contributed by atoms with van der Waals surface area (Å²) in [5.74, 6) is -0.158. The van der Waals surface area contributed by atoms with Gasteiger partial charge >= 0.3 is 6.18 Å². The highest BCUT2D eigenvalue weighted by Crippen LogP contribution is 2.43. The Morgan fingerprint density at radius 1 is 1.03 bits per heavy atom. The Balaban J connectivity index is 1.43. The number of aliphatic hydroxyl groups excluding tert-OH is 1. The molecule has 2 aromatic rings.